The molecule has 0 saturated carbocycles. The van der Waals surface area contributed by atoms with E-state index in [9.17, 15) is 5.11 Å². The molecule has 2 rings (SSSR count). The molecular formula is C14H21NO. The van der Waals surface area contributed by atoms with Crippen LogP contribution in [0.3, 0.4) is 0 Å². The summed E-state index contributed by atoms with van der Waals surface area (Å²) < 4.78 is 0. The number of benzene rings is 1. The van der Waals surface area contributed by atoms with Gasteiger partial charge >= 0.3 is 0 Å². The van der Waals surface area contributed by atoms with Crippen LogP contribution in [0.15, 0.2) is 24.3 Å². The number of hydrogen-bond donors (Lipinski definition) is 1. The lowest BCUT2D eigenvalue weighted by atomic mass is 9.68. The van der Waals surface area contributed by atoms with Crippen LogP contribution in [0.4, 0.5) is 0 Å². The van der Waals surface area contributed by atoms with Crippen LogP contribution in [0, 0.1) is 5.92 Å². The molecule has 0 aromatic heterocycles. The van der Waals surface area contributed by atoms with Crippen molar-refractivity contribution >= 4 is 0 Å². The normalized spacial score (nSPS) is 31.6. The highest BCUT2D eigenvalue weighted by molar-refractivity contribution is 5.33. The molecular weight excluding hydrogens is 198 g/mol. The van der Waals surface area contributed by atoms with Gasteiger partial charge in [-0.25, -0.2) is 0 Å². The third kappa shape index (κ3) is 1.94. The first-order chi connectivity index (χ1) is 7.52. The van der Waals surface area contributed by atoms with Gasteiger partial charge in [-0.1, -0.05) is 26.0 Å². The molecule has 1 N–H and O–H groups in total. The summed E-state index contributed by atoms with van der Waals surface area (Å²) in [4.78, 5) is 2.38. The molecule has 1 aromatic carbocycles. The molecule has 1 unspecified atom stereocenters. The molecule has 1 saturated heterocycles. The Morgan fingerprint density at radius 3 is 2.81 bits per heavy atom. The lowest BCUT2D eigenvalue weighted by molar-refractivity contribution is 0.133. The van der Waals surface area contributed by atoms with E-state index in [2.05, 4.69) is 31.9 Å². The standard InChI is InChI=1S/C14H21NO/c1-11-10-15(3)8-7-14(11,2)12-5-4-6-13(16)9-12/h4-6,9,11,16H,7-8,10H2,1-3H3/t11?,14-/m1/s1. The van der Waals surface area contributed by atoms with E-state index >= 15 is 0 Å². The number of hydrogen-bond acceptors (Lipinski definition) is 2. The van der Waals surface area contributed by atoms with Crippen molar-refractivity contribution in [3.05, 3.63) is 29.8 Å². The number of rotatable bonds is 1. The second-order valence-electron chi connectivity index (χ2n) is 5.38. The zero-order chi connectivity index (χ0) is 11.8. The first-order valence-electron chi connectivity index (χ1n) is 6.00. The van der Waals surface area contributed by atoms with E-state index in [1.54, 1.807) is 6.07 Å². The molecule has 2 heteroatoms. The van der Waals surface area contributed by atoms with Crippen LogP contribution in [0.2, 0.25) is 0 Å². The Labute approximate surface area is 97.9 Å². The van der Waals surface area contributed by atoms with Crippen molar-refractivity contribution < 1.29 is 5.11 Å². The molecule has 1 aliphatic rings. The van der Waals surface area contributed by atoms with Crippen molar-refractivity contribution in [2.75, 3.05) is 20.1 Å². The number of phenols is 1. The first kappa shape index (κ1) is 11.5. The largest absolute Gasteiger partial charge is 0.508 e. The van der Waals surface area contributed by atoms with Gasteiger partial charge in [-0.3, -0.25) is 0 Å². The highest BCUT2D eigenvalue weighted by atomic mass is 16.3. The van der Waals surface area contributed by atoms with Gasteiger partial charge < -0.3 is 10.0 Å². The van der Waals surface area contributed by atoms with Crippen molar-refractivity contribution in [3.8, 4) is 5.75 Å². The number of phenolic OH excluding ortho intramolecular Hbond substituents is 1. The van der Waals surface area contributed by atoms with Gasteiger partial charge in [-0.15, -0.1) is 0 Å². The van der Waals surface area contributed by atoms with Gasteiger partial charge in [-0.2, -0.15) is 0 Å². The predicted molar refractivity (Wildman–Crippen MR) is 66.7 cm³/mol. The van der Waals surface area contributed by atoms with Gasteiger partial charge in [0.15, 0.2) is 0 Å². The fourth-order valence-corrected chi connectivity index (χ4v) is 2.72. The fraction of sp³-hybridized carbons (Fsp3) is 0.571. The molecule has 1 heterocycles. The molecule has 16 heavy (non-hydrogen) atoms. The Morgan fingerprint density at radius 2 is 2.19 bits per heavy atom. The van der Waals surface area contributed by atoms with Gasteiger partial charge in [0.25, 0.3) is 0 Å². The summed E-state index contributed by atoms with van der Waals surface area (Å²) >= 11 is 0. The summed E-state index contributed by atoms with van der Waals surface area (Å²) in [5.41, 5.74) is 1.47. The zero-order valence-corrected chi connectivity index (χ0v) is 10.4. The average Bonchev–Trinajstić information content (AvgIpc) is 2.24. The molecule has 0 bridgehead atoms. The maximum absolute atomic E-state index is 9.59. The van der Waals surface area contributed by atoms with Crippen LogP contribution < -0.4 is 0 Å². The minimum absolute atomic E-state index is 0.200. The third-order valence-corrected chi connectivity index (χ3v) is 4.19. The van der Waals surface area contributed by atoms with Crippen LogP contribution >= 0.6 is 0 Å². The van der Waals surface area contributed by atoms with E-state index < -0.39 is 0 Å². The smallest absolute Gasteiger partial charge is 0.115 e. The maximum Gasteiger partial charge on any atom is 0.115 e. The Morgan fingerprint density at radius 1 is 1.44 bits per heavy atom. The Balaban J connectivity index is 2.31. The molecule has 0 amide bonds. The molecule has 1 aliphatic heterocycles. The van der Waals surface area contributed by atoms with Crippen molar-refractivity contribution in [1.29, 1.82) is 0 Å². The molecule has 2 nitrogen and oxygen atoms in total. The van der Waals surface area contributed by atoms with Crippen molar-refractivity contribution in [2.45, 2.75) is 25.7 Å². The quantitative estimate of drug-likeness (QED) is 0.785. The van der Waals surface area contributed by atoms with E-state index in [4.69, 9.17) is 0 Å². The maximum atomic E-state index is 9.59. The number of aromatic hydroxyl groups is 1. The highest BCUT2D eigenvalue weighted by Crippen LogP contribution is 2.39. The Kier molecular flexibility index (Phi) is 2.94. The summed E-state index contributed by atoms with van der Waals surface area (Å²) in [7, 11) is 2.18. The van der Waals surface area contributed by atoms with Gasteiger partial charge in [0, 0.05) is 6.54 Å². The summed E-state index contributed by atoms with van der Waals surface area (Å²) in [5.74, 6) is 0.998. The van der Waals surface area contributed by atoms with Crippen molar-refractivity contribution in [1.82, 2.24) is 4.90 Å². The van der Waals surface area contributed by atoms with Gasteiger partial charge in [-0.05, 0) is 49.0 Å². The predicted octanol–water partition coefficient (Wildman–Crippen LogP) is 2.62. The van der Waals surface area contributed by atoms with Gasteiger partial charge in [0.1, 0.15) is 5.75 Å². The molecule has 1 fully saturated rings. The van der Waals surface area contributed by atoms with E-state index in [0.29, 0.717) is 11.7 Å². The second kappa shape index (κ2) is 4.10. The topological polar surface area (TPSA) is 23.5 Å². The lowest BCUT2D eigenvalue weighted by Crippen LogP contribution is -2.45. The molecule has 0 aliphatic carbocycles. The van der Waals surface area contributed by atoms with Crippen molar-refractivity contribution in [3.63, 3.8) is 0 Å². The number of likely N-dealkylation sites (tertiary alicyclic amines) is 1. The van der Waals surface area contributed by atoms with Crippen molar-refractivity contribution in [2.24, 2.45) is 5.92 Å². The van der Waals surface area contributed by atoms with Crippen LogP contribution in [0.1, 0.15) is 25.8 Å². The zero-order valence-electron chi connectivity index (χ0n) is 10.4. The van der Waals surface area contributed by atoms with E-state index in [1.165, 1.54) is 5.56 Å². The van der Waals surface area contributed by atoms with Crippen LogP contribution in [0.25, 0.3) is 0 Å². The van der Waals surface area contributed by atoms with E-state index in [-0.39, 0.29) is 5.41 Å². The Hall–Kier alpha value is -1.02. The summed E-state index contributed by atoms with van der Waals surface area (Å²) in [6.07, 6.45) is 1.16. The minimum Gasteiger partial charge on any atom is -0.508 e. The Bertz CT molecular complexity index is 377. The monoisotopic (exact) mass is 219 g/mol. The second-order valence-corrected chi connectivity index (χ2v) is 5.38. The van der Waals surface area contributed by atoms with Gasteiger partial charge in [0.2, 0.25) is 0 Å². The molecule has 1 aromatic rings. The van der Waals surface area contributed by atoms with Crippen LogP contribution in [-0.4, -0.2) is 30.1 Å². The number of nitrogens with zero attached hydrogens (tertiary/aromatic N) is 1. The summed E-state index contributed by atoms with van der Waals surface area (Å²) in [6.45, 7) is 6.89. The molecule has 2 atom stereocenters. The SMILES string of the molecule is CC1CN(C)CC[C@@]1(C)c1cccc(O)c1. The lowest BCUT2D eigenvalue weighted by Gasteiger charge is -2.44. The third-order valence-electron chi connectivity index (χ3n) is 4.19. The van der Waals surface area contributed by atoms with E-state index in [1.807, 2.05) is 12.1 Å². The van der Waals surface area contributed by atoms with E-state index in [0.717, 1.165) is 19.5 Å². The summed E-state index contributed by atoms with van der Waals surface area (Å²) in [6, 6.07) is 7.75. The fourth-order valence-electron chi connectivity index (χ4n) is 2.72. The minimum atomic E-state index is 0.200. The summed E-state index contributed by atoms with van der Waals surface area (Å²) in [5, 5.41) is 9.59. The number of piperidine rings is 1. The molecule has 0 spiro atoms. The molecule has 88 valence electrons. The van der Waals surface area contributed by atoms with Gasteiger partial charge in [0.05, 0.1) is 0 Å². The highest BCUT2D eigenvalue weighted by Gasteiger charge is 2.36. The van der Waals surface area contributed by atoms with Crippen LogP contribution in [0.5, 0.6) is 5.75 Å². The average molecular weight is 219 g/mol. The molecule has 0 radical (unpaired) electrons. The van der Waals surface area contributed by atoms with Crippen LogP contribution in [-0.2, 0) is 5.41 Å². The first-order valence-corrected chi connectivity index (χ1v) is 6.00.